The number of hydrogen-bond acceptors (Lipinski definition) is 4. The quantitative estimate of drug-likeness (QED) is 0.636. The summed E-state index contributed by atoms with van der Waals surface area (Å²) < 4.78 is 0. The molecule has 0 radical (unpaired) electrons. The van der Waals surface area contributed by atoms with Crippen molar-refractivity contribution in [2.24, 2.45) is 11.8 Å². The molecule has 18 heavy (non-hydrogen) atoms. The van der Waals surface area contributed by atoms with Crippen LogP contribution in [0.3, 0.4) is 0 Å². The highest BCUT2D eigenvalue weighted by Crippen LogP contribution is 2.35. The molecule has 0 spiro atoms. The molecule has 0 amide bonds. The third-order valence-electron chi connectivity index (χ3n) is 4.06. The van der Waals surface area contributed by atoms with Crippen molar-refractivity contribution in [3.8, 4) is 0 Å². The molecular weight excluding hydrogens is 230 g/mol. The van der Waals surface area contributed by atoms with Gasteiger partial charge in [-0.15, -0.1) is 0 Å². The van der Waals surface area contributed by atoms with E-state index in [-0.39, 0.29) is 10.6 Å². The van der Waals surface area contributed by atoms with Crippen LogP contribution in [0.15, 0.2) is 18.2 Å². The lowest BCUT2D eigenvalue weighted by Crippen LogP contribution is -2.26. The number of fused-ring (bicyclic) bond motifs is 1. The Morgan fingerprint density at radius 3 is 2.61 bits per heavy atom. The van der Waals surface area contributed by atoms with Gasteiger partial charge in [0, 0.05) is 32.2 Å². The second-order valence-electron chi connectivity index (χ2n) is 5.33. The summed E-state index contributed by atoms with van der Waals surface area (Å²) in [4.78, 5) is 13.0. The first kappa shape index (κ1) is 11.5. The maximum absolute atomic E-state index is 11.1. The summed E-state index contributed by atoms with van der Waals surface area (Å²) in [6.07, 6.45) is 0. The highest BCUT2D eigenvalue weighted by molar-refractivity contribution is 5.65. The fraction of sp³-hybridized carbons (Fsp3) is 0.538. The van der Waals surface area contributed by atoms with Crippen LogP contribution < -0.4 is 10.2 Å². The second kappa shape index (κ2) is 4.24. The third kappa shape index (κ3) is 1.84. The molecule has 0 bridgehead atoms. The zero-order valence-electron chi connectivity index (χ0n) is 10.4. The van der Waals surface area contributed by atoms with Gasteiger partial charge < -0.3 is 10.2 Å². The number of nitrogens with zero attached hydrogens (tertiary/aromatic N) is 2. The minimum Gasteiger partial charge on any atom is -0.365 e. The van der Waals surface area contributed by atoms with E-state index in [0.717, 1.165) is 37.4 Å². The smallest absolute Gasteiger partial charge is 0.292 e. The molecule has 0 saturated carbocycles. The Kier molecular flexibility index (Phi) is 2.70. The normalized spacial score (nSPS) is 26.4. The fourth-order valence-corrected chi connectivity index (χ4v) is 3.10. The molecule has 2 saturated heterocycles. The number of anilines is 1. The van der Waals surface area contributed by atoms with Gasteiger partial charge in [0.25, 0.3) is 5.69 Å². The first-order valence-electron chi connectivity index (χ1n) is 6.36. The summed E-state index contributed by atoms with van der Waals surface area (Å²) in [5, 5.41) is 14.5. The number of hydrogen-bond donors (Lipinski definition) is 1. The van der Waals surface area contributed by atoms with Crippen LogP contribution in [-0.4, -0.2) is 31.1 Å². The molecule has 2 unspecified atom stereocenters. The maximum atomic E-state index is 11.1. The highest BCUT2D eigenvalue weighted by Gasteiger charge is 2.37. The molecule has 1 N–H and O–H groups in total. The number of rotatable bonds is 2. The van der Waals surface area contributed by atoms with Gasteiger partial charge >= 0.3 is 0 Å². The largest absolute Gasteiger partial charge is 0.365 e. The average Bonchev–Trinajstić information content (AvgIpc) is 2.88. The second-order valence-corrected chi connectivity index (χ2v) is 5.33. The van der Waals surface area contributed by atoms with Gasteiger partial charge in [0.2, 0.25) is 0 Å². The maximum Gasteiger partial charge on any atom is 0.292 e. The van der Waals surface area contributed by atoms with Gasteiger partial charge in [-0.1, -0.05) is 6.07 Å². The van der Waals surface area contributed by atoms with Crippen molar-refractivity contribution in [1.82, 2.24) is 5.32 Å². The number of aryl methyl sites for hydroxylation is 1. The van der Waals surface area contributed by atoms with E-state index < -0.39 is 0 Å². The molecule has 0 aromatic heterocycles. The van der Waals surface area contributed by atoms with Gasteiger partial charge in [0.15, 0.2) is 0 Å². The zero-order chi connectivity index (χ0) is 12.7. The Hall–Kier alpha value is -1.62. The molecule has 2 aliphatic rings. The summed E-state index contributed by atoms with van der Waals surface area (Å²) in [5.74, 6) is 1.29. The monoisotopic (exact) mass is 247 g/mol. The third-order valence-corrected chi connectivity index (χ3v) is 4.06. The molecule has 2 heterocycles. The minimum absolute atomic E-state index is 0.239. The van der Waals surface area contributed by atoms with Crippen molar-refractivity contribution >= 4 is 11.4 Å². The van der Waals surface area contributed by atoms with Gasteiger partial charge in [-0.2, -0.15) is 0 Å². The molecule has 5 heteroatoms. The van der Waals surface area contributed by atoms with Gasteiger partial charge in [-0.05, 0) is 30.4 Å². The molecule has 5 nitrogen and oxygen atoms in total. The van der Waals surface area contributed by atoms with Crippen LogP contribution in [0.25, 0.3) is 0 Å². The van der Waals surface area contributed by atoms with E-state index in [2.05, 4.69) is 10.2 Å². The molecule has 2 aliphatic heterocycles. The Labute approximate surface area is 106 Å². The van der Waals surface area contributed by atoms with Crippen molar-refractivity contribution in [3.05, 3.63) is 33.9 Å². The van der Waals surface area contributed by atoms with Crippen molar-refractivity contribution < 1.29 is 4.92 Å². The lowest BCUT2D eigenvalue weighted by Gasteiger charge is -2.19. The summed E-state index contributed by atoms with van der Waals surface area (Å²) in [6.45, 7) is 5.84. The van der Waals surface area contributed by atoms with E-state index in [4.69, 9.17) is 0 Å². The lowest BCUT2D eigenvalue weighted by atomic mass is 10.0. The van der Waals surface area contributed by atoms with Crippen molar-refractivity contribution in [1.29, 1.82) is 0 Å². The van der Waals surface area contributed by atoms with Gasteiger partial charge in [-0.25, -0.2) is 0 Å². The van der Waals surface area contributed by atoms with E-state index in [9.17, 15) is 10.1 Å². The predicted molar refractivity (Wildman–Crippen MR) is 69.9 cm³/mol. The van der Waals surface area contributed by atoms with Gasteiger partial charge in [-0.3, -0.25) is 10.1 Å². The predicted octanol–water partition coefficient (Wildman–Crippen LogP) is 1.56. The molecule has 2 atom stereocenters. The van der Waals surface area contributed by atoms with E-state index in [1.54, 1.807) is 6.07 Å². The first-order valence-corrected chi connectivity index (χ1v) is 6.36. The molecule has 1 aromatic carbocycles. The van der Waals surface area contributed by atoms with Crippen LogP contribution >= 0.6 is 0 Å². The number of nitro benzene ring substituents is 1. The summed E-state index contributed by atoms with van der Waals surface area (Å²) in [7, 11) is 0. The summed E-state index contributed by atoms with van der Waals surface area (Å²) in [5.41, 5.74) is 1.95. The highest BCUT2D eigenvalue weighted by atomic mass is 16.6. The number of benzene rings is 1. The van der Waals surface area contributed by atoms with Crippen LogP contribution in [0, 0.1) is 28.9 Å². The van der Waals surface area contributed by atoms with Crippen molar-refractivity contribution in [2.45, 2.75) is 6.92 Å². The Bertz CT molecular complexity index is 477. The van der Waals surface area contributed by atoms with E-state index in [0.29, 0.717) is 11.8 Å². The van der Waals surface area contributed by atoms with Crippen LogP contribution in [0.1, 0.15) is 5.56 Å². The molecule has 96 valence electrons. The van der Waals surface area contributed by atoms with Gasteiger partial charge in [0.05, 0.1) is 4.92 Å². The molecule has 1 aromatic rings. The molecule has 3 rings (SSSR count). The van der Waals surface area contributed by atoms with Gasteiger partial charge in [0.1, 0.15) is 5.69 Å². The van der Waals surface area contributed by atoms with Crippen molar-refractivity contribution in [2.75, 3.05) is 31.1 Å². The lowest BCUT2D eigenvalue weighted by molar-refractivity contribution is -0.384. The average molecular weight is 247 g/mol. The van der Waals surface area contributed by atoms with E-state index in [1.165, 1.54) is 0 Å². The SMILES string of the molecule is Cc1ccc(N2CC3CNCC3C2)c([N+](=O)[O-])c1. The van der Waals surface area contributed by atoms with Crippen LogP contribution in [0.2, 0.25) is 0 Å². The summed E-state index contributed by atoms with van der Waals surface area (Å²) >= 11 is 0. The number of nitro groups is 1. The zero-order valence-corrected chi connectivity index (χ0v) is 10.4. The first-order chi connectivity index (χ1) is 8.65. The van der Waals surface area contributed by atoms with E-state index >= 15 is 0 Å². The Morgan fingerprint density at radius 2 is 2.00 bits per heavy atom. The van der Waals surface area contributed by atoms with Crippen LogP contribution in [-0.2, 0) is 0 Å². The van der Waals surface area contributed by atoms with Crippen LogP contribution in [0.4, 0.5) is 11.4 Å². The molecular formula is C13H17N3O2. The summed E-state index contributed by atoms with van der Waals surface area (Å²) in [6, 6.07) is 5.51. The van der Waals surface area contributed by atoms with Crippen LogP contribution in [0.5, 0.6) is 0 Å². The van der Waals surface area contributed by atoms with Crippen molar-refractivity contribution in [3.63, 3.8) is 0 Å². The van der Waals surface area contributed by atoms with E-state index in [1.807, 2.05) is 19.1 Å². The molecule has 0 aliphatic carbocycles. The number of nitrogens with one attached hydrogen (secondary N) is 1. The fourth-order valence-electron chi connectivity index (χ4n) is 3.10. The Morgan fingerprint density at radius 1 is 1.33 bits per heavy atom. The minimum atomic E-state index is -0.269. The molecule has 2 fully saturated rings. The standard InChI is InChI=1S/C13H17N3O2/c1-9-2-3-12(13(4-9)16(17)18)15-7-10-5-14-6-11(10)8-15/h2-4,10-11,14H,5-8H2,1H3. The topological polar surface area (TPSA) is 58.4 Å². The Balaban J connectivity index is 1.90.